The van der Waals surface area contributed by atoms with Crippen molar-refractivity contribution in [3.63, 3.8) is 0 Å². The lowest BCUT2D eigenvalue weighted by molar-refractivity contribution is -0.137. The molecule has 4 rings (SSSR count). The van der Waals surface area contributed by atoms with Crippen LogP contribution in [0.5, 0.6) is 0 Å². The van der Waals surface area contributed by atoms with Crippen LogP contribution in [0.3, 0.4) is 0 Å². The first kappa shape index (κ1) is 21.7. The number of carbonyl (C=O) groups is 2. The van der Waals surface area contributed by atoms with E-state index in [0.717, 1.165) is 18.4 Å². The van der Waals surface area contributed by atoms with E-state index in [1.54, 1.807) is 29.1 Å². The second-order valence-corrected chi connectivity index (χ2v) is 8.74. The predicted molar refractivity (Wildman–Crippen MR) is 116 cm³/mol. The number of carboxylic acids is 1. The van der Waals surface area contributed by atoms with Crippen LogP contribution in [0.25, 0.3) is 6.08 Å². The number of halogens is 1. The molecular formula is C22H25FN4O3S. The lowest BCUT2D eigenvalue weighted by atomic mass is 9.93. The standard InChI is InChI=1S/C22H25FN4O3S/c23-18-4-2-1-3-17(18)21(22(30)14-5-6-14)26-9-7-19(31)15(13-26)11-16-12-24-25-27(16)10-8-20(28)29/h1-4,11-12,14,19,21,31H,5-10,13H2,(H,28,29). The van der Waals surface area contributed by atoms with Gasteiger partial charge in [-0.25, -0.2) is 9.07 Å². The fraction of sp³-hybridized carbons (Fsp3) is 0.455. The Morgan fingerprint density at radius 3 is 2.77 bits per heavy atom. The van der Waals surface area contributed by atoms with Crippen molar-refractivity contribution in [1.29, 1.82) is 0 Å². The molecule has 0 bridgehead atoms. The Labute approximate surface area is 185 Å². The van der Waals surface area contributed by atoms with Gasteiger partial charge >= 0.3 is 5.97 Å². The first-order chi connectivity index (χ1) is 14.9. The summed E-state index contributed by atoms with van der Waals surface area (Å²) in [4.78, 5) is 26.1. The number of aryl methyl sites for hydroxylation is 1. The van der Waals surface area contributed by atoms with Gasteiger partial charge in [0.1, 0.15) is 5.82 Å². The zero-order valence-corrected chi connectivity index (χ0v) is 17.9. The maximum atomic E-state index is 14.6. The van der Waals surface area contributed by atoms with Crippen molar-refractivity contribution in [2.45, 2.75) is 43.5 Å². The zero-order chi connectivity index (χ0) is 22.0. The van der Waals surface area contributed by atoms with Crippen molar-refractivity contribution in [3.8, 4) is 0 Å². The zero-order valence-electron chi connectivity index (χ0n) is 17.0. The molecule has 0 amide bonds. The van der Waals surface area contributed by atoms with Gasteiger partial charge in [0.25, 0.3) is 0 Å². The van der Waals surface area contributed by atoms with Gasteiger partial charge < -0.3 is 5.11 Å². The molecule has 2 fully saturated rings. The van der Waals surface area contributed by atoms with Gasteiger partial charge in [-0.3, -0.25) is 14.5 Å². The van der Waals surface area contributed by atoms with Gasteiger partial charge in [0.05, 0.1) is 30.9 Å². The predicted octanol–water partition coefficient (Wildman–Crippen LogP) is 3.00. The Bertz CT molecular complexity index is 1000. The van der Waals surface area contributed by atoms with Crippen LogP contribution in [0.4, 0.5) is 4.39 Å². The maximum absolute atomic E-state index is 14.6. The van der Waals surface area contributed by atoms with Gasteiger partial charge in [0, 0.05) is 29.8 Å². The molecule has 0 spiro atoms. The number of carbonyl (C=O) groups excluding carboxylic acids is 1. The molecule has 1 aromatic carbocycles. The van der Waals surface area contributed by atoms with Crippen molar-refractivity contribution in [3.05, 3.63) is 53.1 Å². The lowest BCUT2D eigenvalue weighted by Gasteiger charge is -2.37. The molecule has 1 aromatic heterocycles. The molecule has 1 aliphatic carbocycles. The highest BCUT2D eigenvalue weighted by atomic mass is 32.1. The van der Waals surface area contributed by atoms with Crippen LogP contribution in [0.1, 0.15) is 43.0 Å². The molecule has 0 radical (unpaired) electrons. The molecule has 1 aliphatic heterocycles. The van der Waals surface area contributed by atoms with Crippen LogP contribution in [0.15, 0.2) is 36.0 Å². The van der Waals surface area contributed by atoms with Gasteiger partial charge in [-0.2, -0.15) is 12.6 Å². The Hall–Kier alpha value is -2.52. The second-order valence-electron chi connectivity index (χ2n) is 8.12. The molecule has 2 heterocycles. The number of thiol groups is 1. The third-order valence-electron chi connectivity index (χ3n) is 5.84. The Kier molecular flexibility index (Phi) is 6.52. The summed E-state index contributed by atoms with van der Waals surface area (Å²) in [5.41, 5.74) is 2.08. The molecule has 7 nitrogen and oxygen atoms in total. The van der Waals surface area contributed by atoms with E-state index < -0.39 is 12.0 Å². The van der Waals surface area contributed by atoms with Gasteiger partial charge in [-0.15, -0.1) is 5.10 Å². The van der Waals surface area contributed by atoms with Gasteiger partial charge in [0.15, 0.2) is 5.78 Å². The number of nitrogens with zero attached hydrogens (tertiary/aromatic N) is 4. The molecule has 2 aromatic rings. The van der Waals surface area contributed by atoms with Crippen molar-refractivity contribution in [2.24, 2.45) is 5.92 Å². The first-order valence-corrected chi connectivity index (χ1v) is 11.0. The van der Waals surface area contributed by atoms with E-state index >= 15 is 0 Å². The molecule has 2 atom stereocenters. The number of Topliss-reactive ketones (excluding diaryl/α,β-unsaturated/α-hetero) is 1. The fourth-order valence-corrected chi connectivity index (χ4v) is 4.29. The minimum Gasteiger partial charge on any atom is -0.481 e. The van der Waals surface area contributed by atoms with Crippen molar-refractivity contribution >= 4 is 30.5 Å². The number of hydrogen-bond acceptors (Lipinski definition) is 6. The maximum Gasteiger partial charge on any atom is 0.305 e. The van der Waals surface area contributed by atoms with E-state index in [-0.39, 0.29) is 35.7 Å². The number of carboxylic acid groups (broad SMARTS) is 1. The third-order valence-corrected chi connectivity index (χ3v) is 6.43. The summed E-state index contributed by atoms with van der Waals surface area (Å²) in [6, 6.07) is 5.88. The lowest BCUT2D eigenvalue weighted by Crippen LogP contribution is -2.42. The van der Waals surface area contributed by atoms with Crippen LogP contribution in [-0.4, -0.2) is 55.1 Å². The molecule has 164 valence electrons. The van der Waals surface area contributed by atoms with Crippen LogP contribution in [0, 0.1) is 11.7 Å². The van der Waals surface area contributed by atoms with E-state index in [9.17, 15) is 14.0 Å². The van der Waals surface area contributed by atoms with Crippen LogP contribution in [0.2, 0.25) is 0 Å². The number of aromatic nitrogens is 3. The second kappa shape index (κ2) is 9.32. The minimum atomic E-state index is -0.906. The summed E-state index contributed by atoms with van der Waals surface area (Å²) < 4.78 is 16.2. The molecule has 9 heteroatoms. The highest BCUT2D eigenvalue weighted by Gasteiger charge is 2.40. The number of aliphatic carboxylic acids is 1. The average molecular weight is 445 g/mol. The fourth-order valence-electron chi connectivity index (χ4n) is 4.02. The topological polar surface area (TPSA) is 88.3 Å². The van der Waals surface area contributed by atoms with Crippen LogP contribution >= 0.6 is 12.6 Å². The largest absolute Gasteiger partial charge is 0.481 e. The number of likely N-dealkylation sites (tertiary alicyclic amines) is 1. The van der Waals surface area contributed by atoms with E-state index in [1.165, 1.54) is 6.07 Å². The Morgan fingerprint density at radius 1 is 1.29 bits per heavy atom. The summed E-state index contributed by atoms with van der Waals surface area (Å²) in [6.45, 7) is 1.32. The summed E-state index contributed by atoms with van der Waals surface area (Å²) >= 11 is 4.71. The highest BCUT2D eigenvalue weighted by Crippen LogP contribution is 2.39. The number of piperidine rings is 1. The molecule has 1 N–H and O–H groups in total. The monoisotopic (exact) mass is 444 g/mol. The molecule has 1 saturated carbocycles. The quantitative estimate of drug-likeness (QED) is 0.609. The molecule has 2 unspecified atom stereocenters. The number of benzene rings is 1. The van der Waals surface area contributed by atoms with Crippen molar-refractivity contribution in [2.75, 3.05) is 13.1 Å². The number of ketones is 1. The van der Waals surface area contributed by atoms with Gasteiger partial charge in [-0.1, -0.05) is 23.4 Å². The molecule has 1 saturated heterocycles. The Morgan fingerprint density at radius 2 is 2.06 bits per heavy atom. The molecular weight excluding hydrogens is 419 g/mol. The van der Waals surface area contributed by atoms with Crippen molar-refractivity contribution < 1.29 is 19.1 Å². The summed E-state index contributed by atoms with van der Waals surface area (Å²) in [5, 5.41) is 16.8. The van der Waals surface area contributed by atoms with Crippen LogP contribution in [-0.2, 0) is 16.1 Å². The number of hydrogen-bond donors (Lipinski definition) is 2. The van der Waals surface area contributed by atoms with Crippen molar-refractivity contribution in [1.82, 2.24) is 19.9 Å². The highest BCUT2D eigenvalue weighted by molar-refractivity contribution is 7.81. The van der Waals surface area contributed by atoms with Gasteiger partial charge in [0.2, 0.25) is 0 Å². The van der Waals surface area contributed by atoms with Crippen LogP contribution < -0.4 is 0 Å². The average Bonchev–Trinajstić information content (AvgIpc) is 3.50. The third kappa shape index (κ3) is 5.04. The normalized spacial score (nSPS) is 21.9. The summed E-state index contributed by atoms with van der Waals surface area (Å²) in [6.07, 6.45) is 5.88. The molecule has 31 heavy (non-hydrogen) atoms. The van der Waals surface area contributed by atoms with E-state index in [2.05, 4.69) is 10.3 Å². The molecule has 2 aliphatic rings. The minimum absolute atomic E-state index is 0.00686. The first-order valence-electron chi connectivity index (χ1n) is 10.4. The summed E-state index contributed by atoms with van der Waals surface area (Å²) in [7, 11) is 0. The van der Waals surface area contributed by atoms with E-state index in [4.69, 9.17) is 17.7 Å². The summed E-state index contributed by atoms with van der Waals surface area (Å²) in [5.74, 6) is -1.19. The van der Waals surface area contributed by atoms with Gasteiger partial charge in [-0.05, 0) is 37.0 Å². The number of rotatable bonds is 8. The SMILES string of the molecule is O=C(O)CCn1nncc1C=C1CN(C(C(=O)C2CC2)c2ccccc2F)CCC1S. The Balaban J connectivity index is 1.60. The van der Waals surface area contributed by atoms with E-state index in [1.807, 2.05) is 11.0 Å². The van der Waals surface area contributed by atoms with E-state index in [0.29, 0.717) is 30.8 Å². The smallest absolute Gasteiger partial charge is 0.305 e.